The van der Waals surface area contributed by atoms with Crippen LogP contribution in [0, 0.1) is 11.8 Å². The Balaban J connectivity index is 1.73. The van der Waals surface area contributed by atoms with E-state index in [1.54, 1.807) is 13.2 Å². The van der Waals surface area contributed by atoms with E-state index in [9.17, 15) is 15.0 Å². The van der Waals surface area contributed by atoms with Crippen LogP contribution in [-0.2, 0) is 21.4 Å². The van der Waals surface area contributed by atoms with Crippen LogP contribution in [0.1, 0.15) is 82.8 Å². The van der Waals surface area contributed by atoms with E-state index in [0.29, 0.717) is 24.6 Å². The minimum Gasteiger partial charge on any atom is -0.508 e. The van der Waals surface area contributed by atoms with Gasteiger partial charge in [-0.2, -0.15) is 0 Å². The highest BCUT2D eigenvalue weighted by Gasteiger charge is 2.46. The van der Waals surface area contributed by atoms with Crippen molar-refractivity contribution >= 4 is 5.97 Å². The minimum absolute atomic E-state index is 0.0264. The Labute approximate surface area is 187 Å². The van der Waals surface area contributed by atoms with Crippen LogP contribution >= 0.6 is 0 Å². The quantitative estimate of drug-likeness (QED) is 0.484. The Morgan fingerprint density at radius 2 is 1.94 bits per heavy atom. The molecule has 2 aliphatic carbocycles. The fourth-order valence-corrected chi connectivity index (χ4v) is 6.26. The van der Waals surface area contributed by atoms with Crippen molar-refractivity contribution in [1.29, 1.82) is 0 Å². The summed E-state index contributed by atoms with van der Waals surface area (Å²) in [4.78, 5) is 11.9. The number of carboxylic acids is 1. The van der Waals surface area contributed by atoms with Crippen molar-refractivity contribution in [2.24, 2.45) is 11.8 Å². The zero-order valence-corrected chi connectivity index (χ0v) is 19.5. The largest absolute Gasteiger partial charge is 0.508 e. The second-order valence-electron chi connectivity index (χ2n) is 9.68. The van der Waals surface area contributed by atoms with E-state index in [2.05, 4.69) is 19.2 Å². The van der Waals surface area contributed by atoms with Crippen LogP contribution in [0.3, 0.4) is 0 Å². The standard InChI is InChI=1S/C26H41NO4/c1-4-26(5-2)22-17-21(28)12-11-19(22)16-23(31-3)24(26)27-14-13-20(25(29)30)15-18-9-7-6-8-10-18/h11-12,17-18,20,23-24,27-28H,4-10,13-16H2,1-3H3,(H,29,30)/t20-,23+,24-/m0/s1. The highest BCUT2D eigenvalue weighted by atomic mass is 16.5. The lowest BCUT2D eigenvalue weighted by Gasteiger charge is -2.49. The van der Waals surface area contributed by atoms with Crippen molar-refractivity contribution in [3.63, 3.8) is 0 Å². The summed E-state index contributed by atoms with van der Waals surface area (Å²) in [6.07, 6.45) is 10.3. The van der Waals surface area contributed by atoms with Crippen LogP contribution in [0.4, 0.5) is 0 Å². The molecular weight excluding hydrogens is 390 g/mol. The first kappa shape index (κ1) is 24.1. The maximum absolute atomic E-state index is 11.9. The van der Waals surface area contributed by atoms with Crippen LogP contribution in [-0.4, -0.2) is 42.0 Å². The molecule has 0 heterocycles. The van der Waals surface area contributed by atoms with Crippen molar-refractivity contribution in [2.45, 2.75) is 95.6 Å². The average Bonchev–Trinajstić information content (AvgIpc) is 2.78. The SMILES string of the molecule is CCC1(CC)c2cc(O)ccc2C[C@@H](OC)[C@@H]1NCC[C@@H](CC1CCCCC1)C(=O)O. The van der Waals surface area contributed by atoms with E-state index >= 15 is 0 Å². The van der Waals surface area contributed by atoms with Crippen molar-refractivity contribution in [3.8, 4) is 5.75 Å². The van der Waals surface area contributed by atoms with Crippen molar-refractivity contribution < 1.29 is 19.7 Å². The monoisotopic (exact) mass is 431 g/mol. The second-order valence-corrected chi connectivity index (χ2v) is 9.68. The summed E-state index contributed by atoms with van der Waals surface area (Å²) < 4.78 is 5.93. The van der Waals surface area contributed by atoms with Crippen molar-refractivity contribution in [1.82, 2.24) is 5.32 Å². The van der Waals surface area contributed by atoms with Gasteiger partial charge in [-0.1, -0.05) is 52.0 Å². The van der Waals surface area contributed by atoms with Gasteiger partial charge in [-0.05, 0) is 61.4 Å². The Hall–Kier alpha value is -1.59. The molecule has 1 saturated carbocycles. The summed E-state index contributed by atoms with van der Waals surface area (Å²) in [5.41, 5.74) is 2.31. The molecule has 0 saturated heterocycles. The van der Waals surface area contributed by atoms with Crippen molar-refractivity contribution in [2.75, 3.05) is 13.7 Å². The molecule has 3 N–H and O–H groups in total. The molecule has 3 rings (SSSR count). The van der Waals surface area contributed by atoms with Gasteiger partial charge in [-0.3, -0.25) is 4.79 Å². The van der Waals surface area contributed by atoms with E-state index < -0.39 is 5.97 Å². The van der Waals surface area contributed by atoms with E-state index in [1.807, 2.05) is 12.1 Å². The number of carboxylic acid groups (broad SMARTS) is 1. The molecule has 5 nitrogen and oxygen atoms in total. The van der Waals surface area contributed by atoms with Crippen LogP contribution in [0.25, 0.3) is 0 Å². The molecule has 0 spiro atoms. The predicted molar refractivity (Wildman–Crippen MR) is 124 cm³/mol. The highest BCUT2D eigenvalue weighted by molar-refractivity contribution is 5.69. The first-order valence-electron chi connectivity index (χ1n) is 12.3. The summed E-state index contributed by atoms with van der Waals surface area (Å²) in [5, 5.41) is 23.7. The number of ether oxygens (including phenoxy) is 1. The number of rotatable bonds is 10. The third-order valence-corrected chi connectivity index (χ3v) is 8.13. The number of phenols is 1. The predicted octanol–water partition coefficient (Wildman–Crippen LogP) is 5.04. The maximum atomic E-state index is 11.9. The van der Waals surface area contributed by atoms with Crippen molar-refractivity contribution in [3.05, 3.63) is 29.3 Å². The Kier molecular flexibility index (Phi) is 8.40. The van der Waals surface area contributed by atoms with E-state index in [-0.39, 0.29) is 23.5 Å². The van der Waals surface area contributed by atoms with Crippen LogP contribution in [0.5, 0.6) is 5.75 Å². The zero-order chi connectivity index (χ0) is 22.4. The van der Waals surface area contributed by atoms with E-state index in [4.69, 9.17) is 4.74 Å². The lowest BCUT2D eigenvalue weighted by molar-refractivity contribution is -0.142. The first-order chi connectivity index (χ1) is 14.9. The van der Waals surface area contributed by atoms with Gasteiger partial charge in [0.1, 0.15) is 5.75 Å². The van der Waals surface area contributed by atoms with Gasteiger partial charge in [0.15, 0.2) is 0 Å². The van der Waals surface area contributed by atoms with Gasteiger partial charge in [0.25, 0.3) is 0 Å². The average molecular weight is 432 g/mol. The Bertz CT molecular complexity index is 724. The molecule has 1 fully saturated rings. The van der Waals surface area contributed by atoms with Gasteiger partial charge in [-0.25, -0.2) is 0 Å². The number of benzene rings is 1. The summed E-state index contributed by atoms with van der Waals surface area (Å²) in [5.74, 6) is -0.0736. The molecule has 1 aromatic rings. The molecule has 0 amide bonds. The number of nitrogens with one attached hydrogen (secondary N) is 1. The van der Waals surface area contributed by atoms with Gasteiger partial charge in [0, 0.05) is 25.0 Å². The molecule has 2 aliphatic rings. The molecule has 1 aromatic carbocycles. The number of phenolic OH excluding ortho intramolecular Hbond substituents is 1. The summed E-state index contributed by atoms with van der Waals surface area (Å²) >= 11 is 0. The first-order valence-corrected chi connectivity index (χ1v) is 12.3. The molecule has 3 atom stereocenters. The molecule has 0 aliphatic heterocycles. The topological polar surface area (TPSA) is 78.8 Å². The fourth-order valence-electron chi connectivity index (χ4n) is 6.26. The number of fused-ring (bicyclic) bond motifs is 1. The Morgan fingerprint density at radius 1 is 1.23 bits per heavy atom. The zero-order valence-electron chi connectivity index (χ0n) is 19.5. The summed E-state index contributed by atoms with van der Waals surface area (Å²) in [6.45, 7) is 5.07. The number of methoxy groups -OCH3 is 1. The third kappa shape index (κ3) is 5.25. The molecule has 5 heteroatoms. The van der Waals surface area contributed by atoms with E-state index in [0.717, 1.165) is 25.7 Å². The molecule has 31 heavy (non-hydrogen) atoms. The molecule has 0 bridgehead atoms. The highest BCUT2D eigenvalue weighted by Crippen LogP contribution is 2.44. The summed E-state index contributed by atoms with van der Waals surface area (Å²) in [6, 6.07) is 5.80. The number of aromatic hydroxyl groups is 1. The van der Waals surface area contributed by atoms with E-state index in [1.165, 1.54) is 43.2 Å². The fraction of sp³-hybridized carbons (Fsp3) is 0.731. The Morgan fingerprint density at radius 3 is 2.55 bits per heavy atom. The lowest BCUT2D eigenvalue weighted by Crippen LogP contribution is -2.59. The van der Waals surface area contributed by atoms with Gasteiger partial charge < -0.3 is 20.3 Å². The number of aliphatic carboxylic acids is 1. The molecule has 0 aromatic heterocycles. The van der Waals surface area contributed by atoms with Gasteiger partial charge in [0.2, 0.25) is 0 Å². The maximum Gasteiger partial charge on any atom is 0.306 e. The van der Waals surface area contributed by atoms with Gasteiger partial charge >= 0.3 is 5.97 Å². The smallest absolute Gasteiger partial charge is 0.306 e. The lowest BCUT2D eigenvalue weighted by atomic mass is 9.62. The number of hydrogen-bond donors (Lipinski definition) is 3. The molecule has 0 radical (unpaired) electrons. The number of carbonyl (C=O) groups is 1. The second kappa shape index (κ2) is 10.8. The molecule has 174 valence electrons. The van der Waals surface area contributed by atoms with Gasteiger partial charge in [-0.15, -0.1) is 0 Å². The normalized spacial score (nSPS) is 24.5. The van der Waals surface area contributed by atoms with Crippen LogP contribution < -0.4 is 5.32 Å². The van der Waals surface area contributed by atoms with Crippen LogP contribution in [0.2, 0.25) is 0 Å². The third-order valence-electron chi connectivity index (χ3n) is 8.13. The minimum atomic E-state index is -0.660. The van der Waals surface area contributed by atoms with Gasteiger partial charge in [0.05, 0.1) is 12.0 Å². The van der Waals surface area contributed by atoms with Crippen LogP contribution in [0.15, 0.2) is 18.2 Å². The summed E-state index contributed by atoms with van der Waals surface area (Å²) in [7, 11) is 1.77. The molecule has 0 unspecified atom stereocenters. The molecular formula is C26H41NO4. The number of hydrogen-bond acceptors (Lipinski definition) is 4.